The molecule has 0 radical (unpaired) electrons. The second-order valence-electron chi connectivity index (χ2n) is 4.52. The fourth-order valence-corrected chi connectivity index (χ4v) is 3.01. The van der Waals surface area contributed by atoms with Gasteiger partial charge in [0.05, 0.1) is 16.2 Å². The Morgan fingerprint density at radius 1 is 1.10 bits per heavy atom. The van der Waals surface area contributed by atoms with Gasteiger partial charge in [-0.2, -0.15) is 0 Å². The maximum Gasteiger partial charge on any atom is 0.0941 e. The standard InChI is InChI=1S/C16H13ClN2S/c1-11-7-8-15(13(17)10-11)20-19-14-6-2-4-12-5-3-9-18-16(12)14/h2-10,19H,1H3. The maximum atomic E-state index is 6.24. The molecule has 0 amide bonds. The molecular formula is C16H13ClN2S. The molecule has 2 aromatic carbocycles. The van der Waals surface area contributed by atoms with Gasteiger partial charge >= 0.3 is 0 Å². The summed E-state index contributed by atoms with van der Waals surface area (Å²) in [5.74, 6) is 0. The van der Waals surface area contributed by atoms with Gasteiger partial charge in [-0.1, -0.05) is 35.9 Å². The van der Waals surface area contributed by atoms with Gasteiger partial charge in [-0.25, -0.2) is 0 Å². The lowest BCUT2D eigenvalue weighted by Gasteiger charge is -2.09. The van der Waals surface area contributed by atoms with Crippen LogP contribution in [0.1, 0.15) is 5.56 Å². The summed E-state index contributed by atoms with van der Waals surface area (Å²) < 4.78 is 3.33. The normalized spacial score (nSPS) is 10.7. The average molecular weight is 301 g/mol. The maximum absolute atomic E-state index is 6.24. The Labute approximate surface area is 127 Å². The predicted molar refractivity (Wildman–Crippen MR) is 87.4 cm³/mol. The van der Waals surface area contributed by atoms with Gasteiger partial charge in [0.1, 0.15) is 0 Å². The quantitative estimate of drug-likeness (QED) is 0.663. The lowest BCUT2D eigenvalue weighted by molar-refractivity contribution is 1.38. The van der Waals surface area contributed by atoms with Crippen LogP contribution in [0.25, 0.3) is 10.9 Å². The fourth-order valence-electron chi connectivity index (χ4n) is 1.99. The highest BCUT2D eigenvalue weighted by Gasteiger charge is 2.04. The molecule has 1 heterocycles. The number of hydrogen-bond acceptors (Lipinski definition) is 3. The van der Waals surface area contributed by atoms with E-state index in [-0.39, 0.29) is 0 Å². The summed E-state index contributed by atoms with van der Waals surface area (Å²) in [6.07, 6.45) is 1.80. The molecule has 0 saturated heterocycles. The molecule has 3 rings (SSSR count). The Hall–Kier alpha value is -1.71. The molecule has 4 heteroatoms. The Morgan fingerprint density at radius 2 is 1.95 bits per heavy atom. The summed E-state index contributed by atoms with van der Waals surface area (Å²) in [6.45, 7) is 2.03. The molecular weight excluding hydrogens is 288 g/mol. The van der Waals surface area contributed by atoms with Crippen molar-refractivity contribution in [2.75, 3.05) is 4.72 Å². The van der Waals surface area contributed by atoms with Gasteiger partial charge in [-0.15, -0.1) is 0 Å². The molecule has 0 saturated carbocycles. The number of rotatable bonds is 3. The third-order valence-electron chi connectivity index (χ3n) is 2.99. The summed E-state index contributed by atoms with van der Waals surface area (Å²) in [5.41, 5.74) is 3.11. The van der Waals surface area contributed by atoms with Crippen molar-refractivity contribution in [1.29, 1.82) is 0 Å². The molecule has 2 nitrogen and oxygen atoms in total. The first kappa shape index (κ1) is 13.3. The van der Waals surface area contributed by atoms with E-state index in [0.29, 0.717) is 0 Å². The summed E-state index contributed by atoms with van der Waals surface area (Å²) >= 11 is 7.74. The minimum atomic E-state index is 0.760. The first-order valence-corrected chi connectivity index (χ1v) is 7.46. The van der Waals surface area contributed by atoms with E-state index in [9.17, 15) is 0 Å². The molecule has 0 bridgehead atoms. The average Bonchev–Trinajstić information content (AvgIpc) is 2.46. The van der Waals surface area contributed by atoms with Crippen molar-refractivity contribution >= 4 is 40.1 Å². The van der Waals surface area contributed by atoms with Crippen LogP contribution >= 0.6 is 23.5 Å². The molecule has 100 valence electrons. The summed E-state index contributed by atoms with van der Waals surface area (Å²) in [7, 11) is 0. The Balaban J connectivity index is 1.87. The Bertz CT molecular complexity index is 753. The number of nitrogens with one attached hydrogen (secondary N) is 1. The zero-order valence-electron chi connectivity index (χ0n) is 10.9. The lowest BCUT2D eigenvalue weighted by Crippen LogP contribution is -1.90. The summed E-state index contributed by atoms with van der Waals surface area (Å²) in [5, 5.41) is 1.88. The molecule has 20 heavy (non-hydrogen) atoms. The van der Waals surface area contributed by atoms with Crippen molar-refractivity contribution in [2.45, 2.75) is 11.8 Å². The van der Waals surface area contributed by atoms with Crippen LogP contribution in [0.5, 0.6) is 0 Å². The van der Waals surface area contributed by atoms with Crippen molar-refractivity contribution in [1.82, 2.24) is 4.98 Å². The van der Waals surface area contributed by atoms with Gasteiger partial charge in [-0.05, 0) is 48.7 Å². The van der Waals surface area contributed by atoms with E-state index in [1.54, 1.807) is 6.20 Å². The molecule has 3 aromatic rings. The number of benzene rings is 2. The monoisotopic (exact) mass is 300 g/mol. The number of hydrogen-bond donors (Lipinski definition) is 1. The number of para-hydroxylation sites is 1. The molecule has 0 spiro atoms. The van der Waals surface area contributed by atoms with Crippen LogP contribution in [0, 0.1) is 6.92 Å². The highest BCUT2D eigenvalue weighted by Crippen LogP contribution is 2.31. The molecule has 0 fully saturated rings. The molecule has 1 aromatic heterocycles. The van der Waals surface area contributed by atoms with Crippen LogP contribution in [-0.2, 0) is 0 Å². The predicted octanol–water partition coefficient (Wildman–Crippen LogP) is 5.32. The second-order valence-corrected chi connectivity index (χ2v) is 5.77. The number of halogens is 1. The number of nitrogens with zero attached hydrogens (tertiary/aromatic N) is 1. The van der Waals surface area contributed by atoms with Gasteiger partial charge in [0, 0.05) is 16.5 Å². The molecule has 0 unspecified atom stereocenters. The number of aromatic nitrogens is 1. The fraction of sp³-hybridized carbons (Fsp3) is 0.0625. The third kappa shape index (κ3) is 2.74. The molecule has 1 N–H and O–H groups in total. The van der Waals surface area contributed by atoms with E-state index >= 15 is 0 Å². The third-order valence-corrected chi connectivity index (χ3v) is 4.31. The topological polar surface area (TPSA) is 24.9 Å². The lowest BCUT2D eigenvalue weighted by atomic mass is 10.2. The summed E-state index contributed by atoms with van der Waals surface area (Å²) in [4.78, 5) is 5.43. The second kappa shape index (κ2) is 5.73. The SMILES string of the molecule is Cc1ccc(SNc2cccc3cccnc23)c(Cl)c1. The Morgan fingerprint density at radius 3 is 2.80 bits per heavy atom. The zero-order valence-corrected chi connectivity index (χ0v) is 12.5. The van der Waals surface area contributed by atoms with E-state index in [2.05, 4.69) is 27.9 Å². The van der Waals surface area contributed by atoms with Gasteiger partial charge in [-0.3, -0.25) is 4.98 Å². The van der Waals surface area contributed by atoms with Crippen LogP contribution in [-0.4, -0.2) is 4.98 Å². The van der Waals surface area contributed by atoms with Crippen LogP contribution in [0.15, 0.2) is 59.6 Å². The first-order valence-electron chi connectivity index (χ1n) is 6.27. The van der Waals surface area contributed by atoms with Gasteiger partial charge in [0.2, 0.25) is 0 Å². The van der Waals surface area contributed by atoms with Crippen LogP contribution in [0.3, 0.4) is 0 Å². The minimum Gasteiger partial charge on any atom is -0.324 e. The van der Waals surface area contributed by atoms with E-state index in [0.717, 1.165) is 32.1 Å². The van der Waals surface area contributed by atoms with Crippen LogP contribution in [0.4, 0.5) is 5.69 Å². The largest absolute Gasteiger partial charge is 0.324 e. The smallest absolute Gasteiger partial charge is 0.0941 e. The van der Waals surface area contributed by atoms with Crippen LogP contribution < -0.4 is 4.72 Å². The van der Waals surface area contributed by atoms with E-state index in [4.69, 9.17) is 11.6 Å². The molecule has 0 aliphatic carbocycles. The molecule has 0 atom stereocenters. The van der Waals surface area contributed by atoms with E-state index in [1.807, 2.05) is 37.3 Å². The number of anilines is 1. The summed E-state index contributed by atoms with van der Waals surface area (Å²) in [6, 6.07) is 16.1. The van der Waals surface area contributed by atoms with Gasteiger partial charge < -0.3 is 4.72 Å². The van der Waals surface area contributed by atoms with Crippen LogP contribution in [0.2, 0.25) is 5.02 Å². The number of pyridine rings is 1. The van der Waals surface area contributed by atoms with Crippen molar-refractivity contribution in [2.24, 2.45) is 0 Å². The highest BCUT2D eigenvalue weighted by molar-refractivity contribution is 8.00. The van der Waals surface area contributed by atoms with Gasteiger partial charge in [0.25, 0.3) is 0 Å². The highest BCUT2D eigenvalue weighted by atomic mass is 35.5. The number of fused-ring (bicyclic) bond motifs is 1. The van der Waals surface area contributed by atoms with Gasteiger partial charge in [0.15, 0.2) is 0 Å². The number of aryl methyl sites for hydroxylation is 1. The molecule has 0 aliphatic rings. The van der Waals surface area contributed by atoms with E-state index < -0.39 is 0 Å². The van der Waals surface area contributed by atoms with E-state index in [1.165, 1.54) is 11.9 Å². The molecule has 0 aliphatic heterocycles. The van der Waals surface area contributed by atoms with Crippen molar-refractivity contribution in [3.63, 3.8) is 0 Å². The van der Waals surface area contributed by atoms with Crippen molar-refractivity contribution in [3.8, 4) is 0 Å². The first-order chi connectivity index (χ1) is 9.74. The zero-order chi connectivity index (χ0) is 13.9. The van der Waals surface area contributed by atoms with Crippen molar-refractivity contribution < 1.29 is 0 Å². The minimum absolute atomic E-state index is 0.760. The van der Waals surface area contributed by atoms with Crippen molar-refractivity contribution in [3.05, 3.63) is 65.3 Å². The Kier molecular flexibility index (Phi) is 3.81.